The van der Waals surface area contributed by atoms with Crippen LogP contribution in [0, 0.1) is 0 Å². The molecule has 0 amide bonds. The van der Waals surface area contributed by atoms with E-state index in [0.29, 0.717) is 0 Å². The quantitative estimate of drug-likeness (QED) is 0.717. The number of hydrogen-bond donors (Lipinski definition) is 0. The van der Waals surface area contributed by atoms with Crippen LogP contribution in [0.4, 0.5) is 0 Å². The first-order valence-corrected chi connectivity index (χ1v) is 6.99. The van der Waals surface area contributed by atoms with Gasteiger partial charge >= 0.3 is 0 Å². The van der Waals surface area contributed by atoms with Gasteiger partial charge in [0.1, 0.15) is 6.29 Å². The third-order valence-corrected chi connectivity index (χ3v) is 3.93. The number of hydrogen-bond acceptors (Lipinski definition) is 2. The Balaban J connectivity index is 1.75. The van der Waals surface area contributed by atoms with E-state index in [4.69, 9.17) is 0 Å². The molecule has 1 aliphatic carbocycles. The zero-order valence-corrected chi connectivity index (χ0v) is 11.1. The van der Waals surface area contributed by atoms with E-state index in [9.17, 15) is 4.79 Å². The highest BCUT2D eigenvalue weighted by molar-refractivity contribution is 8.03. The maximum atomic E-state index is 10.6. The Labute approximate surface area is 112 Å². The van der Waals surface area contributed by atoms with E-state index in [0.717, 1.165) is 35.4 Å². The van der Waals surface area contributed by atoms with Crippen LogP contribution in [0.25, 0.3) is 0 Å². The zero-order valence-electron chi connectivity index (χ0n) is 10.3. The summed E-state index contributed by atoms with van der Waals surface area (Å²) in [5.41, 5.74) is 3.37. The SMILES string of the molecule is C=C(SCCc1ccccc1)C1=CC=C(C=O)C1. The molecule has 0 radical (unpaired) electrons. The predicted molar refractivity (Wildman–Crippen MR) is 78.6 cm³/mol. The summed E-state index contributed by atoms with van der Waals surface area (Å²) in [7, 11) is 0. The molecule has 0 aliphatic heterocycles. The van der Waals surface area contributed by atoms with E-state index < -0.39 is 0 Å². The number of carbonyl (C=O) groups is 1. The van der Waals surface area contributed by atoms with E-state index in [1.165, 1.54) is 11.1 Å². The minimum Gasteiger partial charge on any atom is -0.298 e. The fraction of sp³-hybridized carbons (Fsp3) is 0.188. The second-order valence-corrected chi connectivity index (χ2v) is 5.43. The van der Waals surface area contributed by atoms with E-state index in [1.54, 1.807) is 11.8 Å². The lowest BCUT2D eigenvalue weighted by Gasteiger charge is -2.07. The summed E-state index contributed by atoms with van der Waals surface area (Å²) in [5.74, 6) is 1.02. The van der Waals surface area contributed by atoms with Gasteiger partial charge < -0.3 is 0 Å². The molecule has 1 aromatic carbocycles. The standard InChI is InChI=1S/C16H16OS/c1-13(16-8-7-15(11-16)12-17)18-10-9-14-5-3-2-4-6-14/h2-8,12H,1,9-11H2. The summed E-state index contributed by atoms with van der Waals surface area (Å²) in [4.78, 5) is 11.7. The summed E-state index contributed by atoms with van der Waals surface area (Å²) in [5, 5.41) is 0. The zero-order chi connectivity index (χ0) is 12.8. The summed E-state index contributed by atoms with van der Waals surface area (Å²) in [6.45, 7) is 4.08. The number of rotatable bonds is 6. The van der Waals surface area contributed by atoms with Crippen LogP contribution in [0.15, 0.2) is 65.1 Å². The first-order chi connectivity index (χ1) is 8.79. The second kappa shape index (κ2) is 6.41. The lowest BCUT2D eigenvalue weighted by atomic mass is 10.2. The number of aldehydes is 1. The van der Waals surface area contributed by atoms with Gasteiger partial charge in [0.25, 0.3) is 0 Å². The van der Waals surface area contributed by atoms with Crippen molar-refractivity contribution in [3.05, 3.63) is 70.7 Å². The van der Waals surface area contributed by atoms with Gasteiger partial charge in [0.2, 0.25) is 0 Å². The number of benzene rings is 1. The largest absolute Gasteiger partial charge is 0.298 e. The molecular weight excluding hydrogens is 240 g/mol. The molecule has 0 atom stereocenters. The molecule has 0 saturated heterocycles. The van der Waals surface area contributed by atoms with Crippen LogP contribution in [0.5, 0.6) is 0 Å². The van der Waals surface area contributed by atoms with Crippen molar-refractivity contribution in [1.29, 1.82) is 0 Å². The summed E-state index contributed by atoms with van der Waals surface area (Å²) in [6.07, 6.45) is 6.59. The Morgan fingerprint density at radius 1 is 1.28 bits per heavy atom. The minimum absolute atomic E-state index is 0.737. The lowest BCUT2D eigenvalue weighted by Crippen LogP contribution is -1.90. The third-order valence-electron chi connectivity index (χ3n) is 2.91. The molecule has 0 bridgehead atoms. The molecule has 0 fully saturated rings. The average Bonchev–Trinajstić information content (AvgIpc) is 2.89. The molecule has 0 heterocycles. The number of aryl methyl sites for hydroxylation is 1. The second-order valence-electron chi connectivity index (χ2n) is 4.24. The van der Waals surface area contributed by atoms with Gasteiger partial charge in [-0.05, 0) is 23.1 Å². The maximum Gasteiger partial charge on any atom is 0.146 e. The molecule has 2 heteroatoms. The van der Waals surface area contributed by atoms with Crippen molar-refractivity contribution in [2.45, 2.75) is 12.8 Å². The maximum absolute atomic E-state index is 10.6. The Morgan fingerprint density at radius 3 is 2.72 bits per heavy atom. The molecule has 1 aromatic rings. The lowest BCUT2D eigenvalue weighted by molar-refractivity contribution is -0.104. The van der Waals surface area contributed by atoms with Gasteiger partial charge in [0.05, 0.1) is 0 Å². The first kappa shape index (κ1) is 12.9. The third kappa shape index (κ3) is 3.47. The highest BCUT2D eigenvalue weighted by Gasteiger charge is 2.10. The number of carbonyl (C=O) groups excluding carboxylic acids is 1. The molecule has 0 saturated carbocycles. The van der Waals surface area contributed by atoms with Crippen molar-refractivity contribution >= 4 is 18.0 Å². The number of thioether (sulfide) groups is 1. The summed E-state index contributed by atoms with van der Waals surface area (Å²) >= 11 is 1.77. The van der Waals surface area contributed by atoms with E-state index >= 15 is 0 Å². The highest BCUT2D eigenvalue weighted by Crippen LogP contribution is 2.30. The normalized spacial score (nSPS) is 14.0. The summed E-state index contributed by atoms with van der Waals surface area (Å²) < 4.78 is 0. The van der Waals surface area contributed by atoms with Crippen LogP contribution < -0.4 is 0 Å². The minimum atomic E-state index is 0.737. The topological polar surface area (TPSA) is 17.1 Å². The first-order valence-electron chi connectivity index (χ1n) is 6.00. The van der Waals surface area contributed by atoms with E-state index in [1.807, 2.05) is 18.2 Å². The van der Waals surface area contributed by atoms with Crippen molar-refractivity contribution in [3.8, 4) is 0 Å². The highest BCUT2D eigenvalue weighted by atomic mass is 32.2. The predicted octanol–water partition coefficient (Wildman–Crippen LogP) is 3.93. The number of allylic oxidation sites excluding steroid dienone is 4. The smallest absolute Gasteiger partial charge is 0.146 e. The van der Waals surface area contributed by atoms with Crippen LogP contribution in [0.2, 0.25) is 0 Å². The van der Waals surface area contributed by atoms with Crippen LogP contribution in [0.3, 0.4) is 0 Å². The molecule has 0 N–H and O–H groups in total. The van der Waals surface area contributed by atoms with Crippen molar-refractivity contribution in [2.24, 2.45) is 0 Å². The van der Waals surface area contributed by atoms with Gasteiger partial charge in [-0.2, -0.15) is 0 Å². The van der Waals surface area contributed by atoms with Gasteiger partial charge in [-0.3, -0.25) is 4.79 Å². The Morgan fingerprint density at radius 2 is 2.06 bits per heavy atom. The van der Waals surface area contributed by atoms with Gasteiger partial charge in [-0.25, -0.2) is 0 Å². The Bertz CT molecular complexity index is 497. The van der Waals surface area contributed by atoms with Crippen molar-refractivity contribution in [1.82, 2.24) is 0 Å². The molecule has 92 valence electrons. The van der Waals surface area contributed by atoms with Gasteiger partial charge in [0.15, 0.2) is 0 Å². The monoisotopic (exact) mass is 256 g/mol. The van der Waals surface area contributed by atoms with Crippen molar-refractivity contribution < 1.29 is 4.79 Å². The molecule has 1 nitrogen and oxygen atoms in total. The molecular formula is C16H16OS. The molecule has 2 rings (SSSR count). The summed E-state index contributed by atoms with van der Waals surface area (Å²) in [6, 6.07) is 10.4. The van der Waals surface area contributed by atoms with Crippen LogP contribution >= 0.6 is 11.8 Å². The van der Waals surface area contributed by atoms with E-state index in [2.05, 4.69) is 30.8 Å². The van der Waals surface area contributed by atoms with Gasteiger partial charge in [0, 0.05) is 17.1 Å². The van der Waals surface area contributed by atoms with Crippen molar-refractivity contribution in [2.75, 3.05) is 5.75 Å². The molecule has 1 aliphatic rings. The Kier molecular flexibility index (Phi) is 4.59. The van der Waals surface area contributed by atoms with Gasteiger partial charge in [-0.15, -0.1) is 11.8 Å². The van der Waals surface area contributed by atoms with Crippen LogP contribution in [0.1, 0.15) is 12.0 Å². The molecule has 0 unspecified atom stereocenters. The van der Waals surface area contributed by atoms with Gasteiger partial charge in [-0.1, -0.05) is 49.1 Å². The fourth-order valence-corrected chi connectivity index (χ4v) is 2.76. The molecule has 18 heavy (non-hydrogen) atoms. The molecule has 0 spiro atoms. The van der Waals surface area contributed by atoms with Crippen LogP contribution in [-0.4, -0.2) is 12.0 Å². The fourth-order valence-electron chi connectivity index (χ4n) is 1.85. The molecule has 0 aromatic heterocycles. The van der Waals surface area contributed by atoms with Crippen LogP contribution in [-0.2, 0) is 11.2 Å². The van der Waals surface area contributed by atoms with E-state index in [-0.39, 0.29) is 0 Å². The average molecular weight is 256 g/mol. The van der Waals surface area contributed by atoms with Crippen molar-refractivity contribution in [3.63, 3.8) is 0 Å². The Hall–Kier alpha value is -1.54.